The Labute approximate surface area is 171 Å². The molecule has 0 bridgehead atoms. The van der Waals surface area contributed by atoms with E-state index in [-0.39, 0.29) is 24.5 Å². The molecule has 0 aromatic heterocycles. The lowest BCUT2D eigenvalue weighted by molar-refractivity contribution is -0.274. The Morgan fingerprint density at radius 3 is 2.76 bits per heavy atom. The Bertz CT molecular complexity index is 848. The van der Waals surface area contributed by atoms with Crippen molar-refractivity contribution in [2.24, 2.45) is 0 Å². The van der Waals surface area contributed by atoms with E-state index in [1.54, 1.807) is 35.2 Å². The van der Waals surface area contributed by atoms with Gasteiger partial charge in [0.15, 0.2) is 0 Å². The first-order valence-electron chi connectivity index (χ1n) is 9.06. The Balaban J connectivity index is 1.52. The predicted octanol–water partition coefficient (Wildman–Crippen LogP) is 5.45. The molecule has 1 unspecified atom stereocenters. The molecule has 5 nitrogen and oxygen atoms in total. The van der Waals surface area contributed by atoms with Crippen molar-refractivity contribution in [3.63, 3.8) is 0 Å². The highest BCUT2D eigenvalue weighted by molar-refractivity contribution is 6.30. The minimum atomic E-state index is -4.74. The van der Waals surface area contributed by atoms with Gasteiger partial charge in [-0.15, -0.1) is 13.2 Å². The summed E-state index contributed by atoms with van der Waals surface area (Å²) in [4.78, 5) is 14.1. The standard InChI is InChI=1S/C20H20ClF3N2O3/c21-15-5-2-6-16(11-15)25-19(27)26-9-3-8-18(12-26)28-13-14-4-1-7-17(10-14)29-20(22,23)24/h1-2,4-7,10-11,18H,3,8-9,12-13H2,(H,25,27). The number of hydrogen-bond acceptors (Lipinski definition) is 3. The molecular weight excluding hydrogens is 409 g/mol. The molecule has 2 aromatic rings. The second-order valence-corrected chi connectivity index (χ2v) is 7.09. The number of likely N-dealkylation sites (tertiary alicyclic amines) is 1. The first kappa shape index (κ1) is 21.3. The molecule has 29 heavy (non-hydrogen) atoms. The van der Waals surface area contributed by atoms with E-state index < -0.39 is 6.36 Å². The van der Waals surface area contributed by atoms with Gasteiger partial charge in [-0.1, -0.05) is 29.8 Å². The first-order valence-corrected chi connectivity index (χ1v) is 9.44. The van der Waals surface area contributed by atoms with Crippen molar-refractivity contribution in [2.75, 3.05) is 18.4 Å². The van der Waals surface area contributed by atoms with Crippen molar-refractivity contribution in [3.8, 4) is 5.75 Å². The first-order chi connectivity index (χ1) is 13.8. The maximum absolute atomic E-state index is 12.5. The number of ether oxygens (including phenoxy) is 2. The van der Waals surface area contributed by atoms with Crippen LogP contribution >= 0.6 is 11.6 Å². The summed E-state index contributed by atoms with van der Waals surface area (Å²) in [6.45, 7) is 1.12. The minimum absolute atomic E-state index is 0.128. The highest BCUT2D eigenvalue weighted by atomic mass is 35.5. The Hall–Kier alpha value is -2.45. The molecule has 1 aliphatic heterocycles. The van der Waals surface area contributed by atoms with Crippen LogP contribution in [0.15, 0.2) is 48.5 Å². The molecule has 1 N–H and O–H groups in total. The zero-order chi connectivity index (χ0) is 20.9. The fourth-order valence-corrected chi connectivity index (χ4v) is 3.26. The van der Waals surface area contributed by atoms with Crippen LogP contribution in [0, 0.1) is 0 Å². The van der Waals surface area contributed by atoms with E-state index in [0.717, 1.165) is 12.8 Å². The lowest BCUT2D eigenvalue weighted by Crippen LogP contribution is -2.45. The average molecular weight is 429 g/mol. The van der Waals surface area contributed by atoms with Crippen LogP contribution in [0.5, 0.6) is 5.75 Å². The third-order valence-electron chi connectivity index (χ3n) is 4.36. The van der Waals surface area contributed by atoms with E-state index in [9.17, 15) is 18.0 Å². The monoisotopic (exact) mass is 428 g/mol. The van der Waals surface area contributed by atoms with Gasteiger partial charge in [0.25, 0.3) is 0 Å². The number of anilines is 1. The van der Waals surface area contributed by atoms with Crippen molar-refractivity contribution in [3.05, 3.63) is 59.1 Å². The van der Waals surface area contributed by atoms with Crippen LogP contribution in [-0.2, 0) is 11.3 Å². The van der Waals surface area contributed by atoms with Gasteiger partial charge in [-0.2, -0.15) is 0 Å². The number of nitrogens with zero attached hydrogens (tertiary/aromatic N) is 1. The number of nitrogens with one attached hydrogen (secondary N) is 1. The second kappa shape index (κ2) is 9.37. The third kappa shape index (κ3) is 6.83. The van der Waals surface area contributed by atoms with Crippen LogP contribution in [0.2, 0.25) is 5.02 Å². The van der Waals surface area contributed by atoms with E-state index in [2.05, 4.69) is 10.1 Å². The summed E-state index contributed by atoms with van der Waals surface area (Å²) in [7, 11) is 0. The van der Waals surface area contributed by atoms with Gasteiger partial charge in [-0.05, 0) is 48.7 Å². The fraction of sp³-hybridized carbons (Fsp3) is 0.350. The van der Waals surface area contributed by atoms with Gasteiger partial charge in [0.2, 0.25) is 0 Å². The molecule has 1 fully saturated rings. The zero-order valence-corrected chi connectivity index (χ0v) is 16.2. The molecular formula is C20H20ClF3N2O3. The Morgan fingerprint density at radius 1 is 1.21 bits per heavy atom. The molecule has 0 saturated carbocycles. The normalized spacial score (nSPS) is 17.1. The molecule has 1 aliphatic rings. The van der Waals surface area contributed by atoms with Gasteiger partial charge >= 0.3 is 12.4 Å². The van der Waals surface area contributed by atoms with E-state index in [4.69, 9.17) is 16.3 Å². The highest BCUT2D eigenvalue weighted by Crippen LogP contribution is 2.24. The van der Waals surface area contributed by atoms with Crippen LogP contribution in [0.25, 0.3) is 0 Å². The molecule has 1 saturated heterocycles. The maximum Gasteiger partial charge on any atom is 0.573 e. The number of urea groups is 1. The van der Waals surface area contributed by atoms with Gasteiger partial charge in [-0.25, -0.2) is 4.79 Å². The quantitative estimate of drug-likeness (QED) is 0.688. The van der Waals surface area contributed by atoms with Crippen molar-refractivity contribution >= 4 is 23.3 Å². The smallest absolute Gasteiger partial charge is 0.406 e. The third-order valence-corrected chi connectivity index (χ3v) is 4.59. The Morgan fingerprint density at radius 2 is 2.00 bits per heavy atom. The Kier molecular flexibility index (Phi) is 6.87. The number of carbonyl (C=O) groups excluding carboxylic acids is 1. The molecule has 9 heteroatoms. The maximum atomic E-state index is 12.5. The zero-order valence-electron chi connectivity index (χ0n) is 15.4. The van der Waals surface area contributed by atoms with Crippen molar-refractivity contribution in [1.29, 1.82) is 0 Å². The average Bonchev–Trinajstić information content (AvgIpc) is 2.65. The number of hydrogen-bond donors (Lipinski definition) is 1. The molecule has 2 amide bonds. The van der Waals surface area contributed by atoms with E-state index in [0.29, 0.717) is 29.4 Å². The topological polar surface area (TPSA) is 50.8 Å². The second-order valence-electron chi connectivity index (χ2n) is 6.66. The largest absolute Gasteiger partial charge is 0.573 e. The molecule has 3 rings (SSSR count). The summed E-state index contributed by atoms with van der Waals surface area (Å²) >= 11 is 5.93. The number of benzene rings is 2. The predicted molar refractivity (Wildman–Crippen MR) is 103 cm³/mol. The van der Waals surface area contributed by atoms with Gasteiger partial charge < -0.3 is 19.7 Å². The van der Waals surface area contributed by atoms with E-state index in [1.807, 2.05) is 0 Å². The molecule has 2 aromatic carbocycles. The molecule has 0 aliphatic carbocycles. The summed E-state index contributed by atoms with van der Waals surface area (Å²) in [5.74, 6) is -0.287. The number of halogens is 4. The fourth-order valence-electron chi connectivity index (χ4n) is 3.07. The van der Waals surface area contributed by atoms with Crippen molar-refractivity contribution in [2.45, 2.75) is 31.9 Å². The van der Waals surface area contributed by atoms with Crippen molar-refractivity contribution in [1.82, 2.24) is 4.90 Å². The molecule has 0 radical (unpaired) electrons. The number of amides is 2. The number of piperidine rings is 1. The van der Waals surface area contributed by atoms with Gasteiger partial charge in [0, 0.05) is 23.8 Å². The number of rotatable bonds is 5. The number of carbonyl (C=O) groups is 1. The van der Waals surface area contributed by atoms with Crippen LogP contribution in [-0.4, -0.2) is 36.5 Å². The number of alkyl halides is 3. The lowest BCUT2D eigenvalue weighted by atomic mass is 10.1. The van der Waals surface area contributed by atoms with E-state index in [1.165, 1.54) is 18.2 Å². The lowest BCUT2D eigenvalue weighted by Gasteiger charge is -2.32. The highest BCUT2D eigenvalue weighted by Gasteiger charge is 2.31. The van der Waals surface area contributed by atoms with Crippen LogP contribution < -0.4 is 10.1 Å². The van der Waals surface area contributed by atoms with Gasteiger partial charge in [0.1, 0.15) is 5.75 Å². The van der Waals surface area contributed by atoms with E-state index >= 15 is 0 Å². The SMILES string of the molecule is O=C(Nc1cccc(Cl)c1)N1CCCC(OCc2cccc(OC(F)(F)F)c2)C1. The minimum Gasteiger partial charge on any atom is -0.406 e. The van der Waals surface area contributed by atoms with Gasteiger partial charge in [0.05, 0.1) is 12.7 Å². The molecule has 1 heterocycles. The summed E-state index contributed by atoms with van der Waals surface area (Å²) in [5, 5.41) is 3.33. The van der Waals surface area contributed by atoms with Crippen LogP contribution in [0.4, 0.5) is 23.7 Å². The molecule has 0 spiro atoms. The summed E-state index contributed by atoms with van der Waals surface area (Å²) in [6, 6.07) is 12.3. The molecule has 1 atom stereocenters. The summed E-state index contributed by atoms with van der Waals surface area (Å²) in [6.07, 6.45) is -3.41. The van der Waals surface area contributed by atoms with Crippen molar-refractivity contribution < 1.29 is 27.4 Å². The van der Waals surface area contributed by atoms with Crippen LogP contribution in [0.1, 0.15) is 18.4 Å². The summed E-state index contributed by atoms with van der Waals surface area (Å²) < 4.78 is 46.8. The summed E-state index contributed by atoms with van der Waals surface area (Å²) in [5.41, 5.74) is 1.17. The van der Waals surface area contributed by atoms with Gasteiger partial charge in [-0.3, -0.25) is 0 Å². The van der Waals surface area contributed by atoms with Crippen LogP contribution in [0.3, 0.4) is 0 Å². The molecule has 156 valence electrons.